The molecule has 0 aliphatic rings. The van der Waals surface area contributed by atoms with E-state index < -0.39 is 0 Å². The van der Waals surface area contributed by atoms with E-state index in [9.17, 15) is 4.79 Å². The number of hydrogen-bond donors (Lipinski definition) is 2. The van der Waals surface area contributed by atoms with Crippen LogP contribution in [0.5, 0.6) is 5.75 Å². The first-order valence-electron chi connectivity index (χ1n) is 9.08. The van der Waals surface area contributed by atoms with Crippen molar-refractivity contribution < 1.29 is 9.53 Å². The fourth-order valence-electron chi connectivity index (χ4n) is 2.79. The maximum Gasteiger partial charge on any atom is 0.255 e. The zero-order valence-corrected chi connectivity index (χ0v) is 15.4. The van der Waals surface area contributed by atoms with Crippen molar-refractivity contribution in [1.29, 1.82) is 0 Å². The number of benzene rings is 3. The quantitative estimate of drug-likeness (QED) is 0.556. The van der Waals surface area contributed by atoms with Crippen molar-refractivity contribution in [3.05, 3.63) is 90.0 Å². The van der Waals surface area contributed by atoms with Crippen molar-refractivity contribution in [3.63, 3.8) is 0 Å². The maximum atomic E-state index is 12.3. The molecule has 0 heterocycles. The summed E-state index contributed by atoms with van der Waals surface area (Å²) >= 11 is 0. The molecule has 27 heavy (non-hydrogen) atoms. The average molecular weight is 360 g/mol. The van der Waals surface area contributed by atoms with Crippen LogP contribution in [0.1, 0.15) is 22.3 Å². The van der Waals surface area contributed by atoms with E-state index in [2.05, 4.69) is 34.9 Å². The molecule has 0 aliphatic carbocycles. The molecule has 0 unspecified atom stereocenters. The molecule has 0 atom stereocenters. The van der Waals surface area contributed by atoms with Crippen molar-refractivity contribution in [3.8, 4) is 5.75 Å². The maximum absolute atomic E-state index is 12.3. The van der Waals surface area contributed by atoms with Gasteiger partial charge in [0.1, 0.15) is 5.75 Å². The molecule has 3 aromatic carbocycles. The summed E-state index contributed by atoms with van der Waals surface area (Å²) in [5.41, 5.74) is 3.77. The van der Waals surface area contributed by atoms with E-state index >= 15 is 0 Å². The monoisotopic (exact) mass is 360 g/mol. The zero-order valence-electron chi connectivity index (χ0n) is 15.4. The van der Waals surface area contributed by atoms with Crippen LogP contribution in [0.25, 0.3) is 0 Å². The van der Waals surface area contributed by atoms with E-state index in [1.54, 1.807) is 31.4 Å². The molecular weight excluding hydrogens is 336 g/mol. The molecule has 0 saturated carbocycles. The molecule has 3 aromatic rings. The van der Waals surface area contributed by atoms with Crippen molar-refractivity contribution in [2.45, 2.75) is 12.8 Å². The Hall–Kier alpha value is -3.27. The Kier molecular flexibility index (Phi) is 6.47. The average Bonchev–Trinajstić information content (AvgIpc) is 2.73. The standard InChI is InChI=1S/C23H24N2O2/c1-27-22-15-9-19(10-16-22)23(26)25-21-13-11-20(12-14-21)24-17-5-8-18-6-3-2-4-7-18/h2-4,6-7,9-16,24H,5,8,17H2,1H3,(H,25,26). The Morgan fingerprint density at radius 2 is 1.52 bits per heavy atom. The molecule has 138 valence electrons. The molecule has 0 aromatic heterocycles. The number of rotatable bonds is 8. The zero-order chi connectivity index (χ0) is 18.9. The number of hydrogen-bond acceptors (Lipinski definition) is 3. The molecule has 1 amide bonds. The van der Waals surface area contributed by atoms with E-state index in [1.165, 1.54) is 5.56 Å². The van der Waals surface area contributed by atoms with Crippen LogP contribution in [-0.2, 0) is 6.42 Å². The lowest BCUT2D eigenvalue weighted by Crippen LogP contribution is -2.11. The summed E-state index contributed by atoms with van der Waals surface area (Å²) in [7, 11) is 1.60. The van der Waals surface area contributed by atoms with Gasteiger partial charge in [-0.05, 0) is 66.9 Å². The highest BCUT2D eigenvalue weighted by molar-refractivity contribution is 6.04. The van der Waals surface area contributed by atoms with E-state index in [-0.39, 0.29) is 5.91 Å². The fourth-order valence-corrected chi connectivity index (χ4v) is 2.79. The van der Waals surface area contributed by atoms with Gasteiger partial charge in [0.05, 0.1) is 7.11 Å². The summed E-state index contributed by atoms with van der Waals surface area (Å²) in [5, 5.41) is 6.32. The van der Waals surface area contributed by atoms with Gasteiger partial charge >= 0.3 is 0 Å². The fraction of sp³-hybridized carbons (Fsp3) is 0.174. The third-order valence-electron chi connectivity index (χ3n) is 4.31. The van der Waals surface area contributed by atoms with Crippen LogP contribution < -0.4 is 15.4 Å². The Morgan fingerprint density at radius 3 is 2.19 bits per heavy atom. The number of anilines is 2. The van der Waals surface area contributed by atoms with Gasteiger partial charge in [0.15, 0.2) is 0 Å². The van der Waals surface area contributed by atoms with Crippen LogP contribution in [-0.4, -0.2) is 19.6 Å². The van der Waals surface area contributed by atoms with Gasteiger partial charge < -0.3 is 15.4 Å². The van der Waals surface area contributed by atoms with Gasteiger partial charge in [0.25, 0.3) is 5.91 Å². The number of ether oxygens (including phenoxy) is 1. The van der Waals surface area contributed by atoms with Crippen LogP contribution in [0.15, 0.2) is 78.9 Å². The highest BCUT2D eigenvalue weighted by Crippen LogP contribution is 2.16. The minimum absolute atomic E-state index is 0.138. The Labute approximate surface area is 160 Å². The van der Waals surface area contributed by atoms with Gasteiger partial charge in [-0.3, -0.25) is 4.79 Å². The first kappa shape index (κ1) is 18.5. The molecule has 4 heteroatoms. The van der Waals surface area contributed by atoms with Crippen LogP contribution in [0, 0.1) is 0 Å². The van der Waals surface area contributed by atoms with E-state index in [0.717, 1.165) is 36.5 Å². The van der Waals surface area contributed by atoms with E-state index in [4.69, 9.17) is 4.74 Å². The summed E-state index contributed by atoms with van der Waals surface area (Å²) < 4.78 is 5.11. The summed E-state index contributed by atoms with van der Waals surface area (Å²) in [6, 6.07) is 25.3. The number of nitrogens with one attached hydrogen (secondary N) is 2. The number of methoxy groups -OCH3 is 1. The van der Waals surface area contributed by atoms with Gasteiger partial charge in [-0.1, -0.05) is 30.3 Å². The lowest BCUT2D eigenvalue weighted by Gasteiger charge is -2.09. The lowest BCUT2D eigenvalue weighted by molar-refractivity contribution is 0.102. The third-order valence-corrected chi connectivity index (χ3v) is 4.31. The Morgan fingerprint density at radius 1 is 0.852 bits per heavy atom. The van der Waals surface area contributed by atoms with Crippen LogP contribution in [0.2, 0.25) is 0 Å². The first-order chi connectivity index (χ1) is 13.2. The van der Waals surface area contributed by atoms with E-state index in [0.29, 0.717) is 5.56 Å². The molecule has 0 bridgehead atoms. The first-order valence-corrected chi connectivity index (χ1v) is 9.08. The lowest BCUT2D eigenvalue weighted by atomic mass is 10.1. The SMILES string of the molecule is COc1ccc(C(=O)Nc2ccc(NCCCc3ccccc3)cc2)cc1. The number of amides is 1. The van der Waals surface area contributed by atoms with Gasteiger partial charge in [0.2, 0.25) is 0 Å². The minimum Gasteiger partial charge on any atom is -0.497 e. The molecule has 0 fully saturated rings. The second-order valence-corrected chi connectivity index (χ2v) is 6.28. The highest BCUT2D eigenvalue weighted by Gasteiger charge is 2.06. The van der Waals surface area contributed by atoms with Crippen molar-refractivity contribution in [2.75, 3.05) is 24.3 Å². The molecule has 3 rings (SSSR count). The van der Waals surface area contributed by atoms with Crippen LogP contribution >= 0.6 is 0 Å². The van der Waals surface area contributed by atoms with E-state index in [1.807, 2.05) is 30.3 Å². The molecule has 0 saturated heterocycles. The molecule has 0 aliphatic heterocycles. The largest absolute Gasteiger partial charge is 0.497 e. The Bertz CT molecular complexity index is 844. The predicted molar refractivity (Wildman–Crippen MR) is 111 cm³/mol. The van der Waals surface area contributed by atoms with Crippen molar-refractivity contribution >= 4 is 17.3 Å². The summed E-state index contributed by atoms with van der Waals surface area (Å²) in [4.78, 5) is 12.3. The molecular formula is C23H24N2O2. The normalized spacial score (nSPS) is 10.3. The second-order valence-electron chi connectivity index (χ2n) is 6.28. The second kappa shape index (κ2) is 9.43. The number of carbonyl (C=O) groups is 1. The third kappa shape index (κ3) is 5.61. The van der Waals surface area contributed by atoms with Gasteiger partial charge in [-0.25, -0.2) is 0 Å². The van der Waals surface area contributed by atoms with Gasteiger partial charge in [-0.15, -0.1) is 0 Å². The van der Waals surface area contributed by atoms with Gasteiger partial charge in [-0.2, -0.15) is 0 Å². The van der Waals surface area contributed by atoms with Crippen molar-refractivity contribution in [1.82, 2.24) is 0 Å². The van der Waals surface area contributed by atoms with Gasteiger partial charge in [0, 0.05) is 23.5 Å². The minimum atomic E-state index is -0.138. The summed E-state index contributed by atoms with van der Waals surface area (Å²) in [6.07, 6.45) is 2.13. The molecule has 4 nitrogen and oxygen atoms in total. The van der Waals surface area contributed by atoms with Crippen LogP contribution in [0.4, 0.5) is 11.4 Å². The van der Waals surface area contributed by atoms with Crippen molar-refractivity contribution in [2.24, 2.45) is 0 Å². The topological polar surface area (TPSA) is 50.4 Å². The molecule has 0 spiro atoms. The molecule has 0 radical (unpaired) electrons. The highest BCUT2D eigenvalue weighted by atomic mass is 16.5. The number of aryl methyl sites for hydroxylation is 1. The number of carbonyl (C=O) groups excluding carboxylic acids is 1. The van der Waals surface area contributed by atoms with Crippen LogP contribution in [0.3, 0.4) is 0 Å². The smallest absolute Gasteiger partial charge is 0.255 e. The predicted octanol–water partition coefficient (Wildman–Crippen LogP) is 4.99. The Balaban J connectivity index is 1.45. The summed E-state index contributed by atoms with van der Waals surface area (Å²) in [5.74, 6) is 0.593. The summed E-state index contributed by atoms with van der Waals surface area (Å²) in [6.45, 7) is 0.909. The molecule has 2 N–H and O–H groups in total.